The van der Waals surface area contributed by atoms with Gasteiger partial charge < -0.3 is 4.74 Å². The summed E-state index contributed by atoms with van der Waals surface area (Å²) in [5.41, 5.74) is 1.66. The lowest BCUT2D eigenvalue weighted by atomic mass is 10.0. The first-order chi connectivity index (χ1) is 11.6. The second kappa shape index (κ2) is 7.15. The van der Waals surface area contributed by atoms with Crippen LogP contribution in [0.2, 0.25) is 5.02 Å². The lowest BCUT2D eigenvalue weighted by Crippen LogP contribution is -1.97. The molecule has 0 aliphatic heterocycles. The van der Waals surface area contributed by atoms with E-state index in [2.05, 4.69) is 0 Å². The number of hydrogen-bond acceptors (Lipinski definition) is 3. The maximum Gasteiger partial charge on any atom is 0.235 e. The van der Waals surface area contributed by atoms with Crippen molar-refractivity contribution in [1.29, 1.82) is 0 Å². The predicted molar refractivity (Wildman–Crippen MR) is 95.8 cm³/mol. The van der Waals surface area contributed by atoms with Gasteiger partial charge in [-0.25, -0.2) is 0 Å². The van der Waals surface area contributed by atoms with Crippen LogP contribution in [-0.4, -0.2) is 4.92 Å². The van der Waals surface area contributed by atoms with Crippen molar-refractivity contribution in [2.75, 3.05) is 0 Å². The summed E-state index contributed by atoms with van der Waals surface area (Å²) in [4.78, 5) is 10.2. The number of halogens is 1. The summed E-state index contributed by atoms with van der Waals surface area (Å²) in [6.07, 6.45) is 2.40. The van der Waals surface area contributed by atoms with Gasteiger partial charge in [0, 0.05) is 16.7 Å². The lowest BCUT2D eigenvalue weighted by Gasteiger charge is -2.12. The zero-order chi connectivity index (χ0) is 16.9. The molecule has 0 heterocycles. The SMILES string of the molecule is O=[N+]([O-])/C=C/c1c(OCc2ccc(Cl)cc2)ccc2ccccc12. The average Bonchev–Trinajstić information content (AvgIpc) is 2.59. The van der Waals surface area contributed by atoms with E-state index in [-0.39, 0.29) is 0 Å². The van der Waals surface area contributed by atoms with Gasteiger partial charge in [0.25, 0.3) is 0 Å². The number of hydrogen-bond donors (Lipinski definition) is 0. The molecule has 0 N–H and O–H groups in total. The monoisotopic (exact) mass is 339 g/mol. The van der Waals surface area contributed by atoms with Crippen LogP contribution >= 0.6 is 11.6 Å². The van der Waals surface area contributed by atoms with E-state index in [0.717, 1.165) is 22.5 Å². The van der Waals surface area contributed by atoms with E-state index in [1.807, 2.05) is 48.5 Å². The highest BCUT2D eigenvalue weighted by molar-refractivity contribution is 6.30. The van der Waals surface area contributed by atoms with Crippen molar-refractivity contribution >= 4 is 28.4 Å². The van der Waals surface area contributed by atoms with Crippen molar-refractivity contribution in [3.63, 3.8) is 0 Å². The fourth-order valence-electron chi connectivity index (χ4n) is 2.45. The molecule has 0 bridgehead atoms. The Hall–Kier alpha value is -2.85. The van der Waals surface area contributed by atoms with E-state index < -0.39 is 4.92 Å². The van der Waals surface area contributed by atoms with Gasteiger partial charge in [0.1, 0.15) is 12.4 Å². The Balaban J connectivity index is 1.95. The van der Waals surface area contributed by atoms with Gasteiger partial charge >= 0.3 is 0 Å². The molecule has 0 unspecified atom stereocenters. The van der Waals surface area contributed by atoms with Crippen LogP contribution in [0.25, 0.3) is 16.8 Å². The molecule has 0 saturated heterocycles. The van der Waals surface area contributed by atoms with Crippen LogP contribution in [0.3, 0.4) is 0 Å². The third-order valence-electron chi connectivity index (χ3n) is 3.60. The Labute approximate surface area is 144 Å². The van der Waals surface area contributed by atoms with Gasteiger partial charge in [0.2, 0.25) is 6.20 Å². The minimum Gasteiger partial charge on any atom is -0.488 e. The number of nitrogens with zero attached hydrogens (tertiary/aromatic N) is 1. The molecule has 24 heavy (non-hydrogen) atoms. The molecular weight excluding hydrogens is 326 g/mol. The van der Waals surface area contributed by atoms with E-state index in [0.29, 0.717) is 22.9 Å². The molecule has 3 aromatic rings. The fraction of sp³-hybridized carbons (Fsp3) is 0.0526. The van der Waals surface area contributed by atoms with Crippen molar-refractivity contribution in [2.24, 2.45) is 0 Å². The van der Waals surface area contributed by atoms with Crippen LogP contribution < -0.4 is 4.74 Å². The Kier molecular flexibility index (Phi) is 4.77. The summed E-state index contributed by atoms with van der Waals surface area (Å²) < 4.78 is 5.89. The third-order valence-corrected chi connectivity index (χ3v) is 3.85. The van der Waals surface area contributed by atoms with Gasteiger partial charge in [0.15, 0.2) is 0 Å². The summed E-state index contributed by atoms with van der Waals surface area (Å²) in [6, 6.07) is 18.8. The molecule has 4 nitrogen and oxygen atoms in total. The van der Waals surface area contributed by atoms with E-state index in [9.17, 15) is 10.1 Å². The third kappa shape index (κ3) is 3.73. The first-order valence-corrected chi connectivity index (χ1v) is 7.72. The van der Waals surface area contributed by atoms with Gasteiger partial charge in [-0.2, -0.15) is 0 Å². The molecular formula is C19H14ClNO3. The summed E-state index contributed by atoms with van der Waals surface area (Å²) in [7, 11) is 0. The highest BCUT2D eigenvalue weighted by Gasteiger charge is 2.08. The number of fused-ring (bicyclic) bond motifs is 1. The van der Waals surface area contributed by atoms with Gasteiger partial charge in [-0.3, -0.25) is 10.1 Å². The highest BCUT2D eigenvalue weighted by Crippen LogP contribution is 2.30. The minimum absolute atomic E-state index is 0.356. The van der Waals surface area contributed by atoms with Crippen LogP contribution in [0.5, 0.6) is 5.75 Å². The van der Waals surface area contributed by atoms with Crippen molar-refractivity contribution in [2.45, 2.75) is 6.61 Å². The van der Waals surface area contributed by atoms with Crippen LogP contribution in [0.4, 0.5) is 0 Å². The molecule has 0 aliphatic carbocycles. The topological polar surface area (TPSA) is 52.4 Å². The Bertz CT molecular complexity index is 904. The van der Waals surface area contributed by atoms with E-state index in [1.54, 1.807) is 12.1 Å². The van der Waals surface area contributed by atoms with Crippen molar-refractivity contribution in [3.8, 4) is 5.75 Å². The van der Waals surface area contributed by atoms with Crippen LogP contribution in [0.15, 0.2) is 66.9 Å². The van der Waals surface area contributed by atoms with Crippen LogP contribution in [0.1, 0.15) is 11.1 Å². The van der Waals surface area contributed by atoms with Gasteiger partial charge in [-0.15, -0.1) is 0 Å². The largest absolute Gasteiger partial charge is 0.488 e. The zero-order valence-electron chi connectivity index (χ0n) is 12.7. The van der Waals surface area contributed by atoms with Crippen LogP contribution in [0, 0.1) is 10.1 Å². The fourth-order valence-corrected chi connectivity index (χ4v) is 2.58. The first-order valence-electron chi connectivity index (χ1n) is 7.34. The number of nitro groups is 1. The van der Waals surface area contributed by atoms with Crippen molar-refractivity contribution < 1.29 is 9.66 Å². The number of ether oxygens (including phenoxy) is 1. The Morgan fingerprint density at radius 1 is 1.04 bits per heavy atom. The summed E-state index contributed by atoms with van der Waals surface area (Å²) in [5.74, 6) is 0.599. The molecule has 120 valence electrons. The standard InChI is InChI=1S/C19H14ClNO3/c20-16-8-5-14(6-9-16)13-24-19-10-7-15-3-1-2-4-17(15)18(19)11-12-21(22)23/h1-12H,13H2/b12-11+. The van der Waals surface area contributed by atoms with Crippen LogP contribution in [-0.2, 0) is 6.61 Å². The molecule has 0 amide bonds. The molecule has 0 saturated carbocycles. The molecule has 0 atom stereocenters. The van der Waals surface area contributed by atoms with Gasteiger partial charge in [0.05, 0.1) is 4.92 Å². The molecule has 5 heteroatoms. The quantitative estimate of drug-likeness (QED) is 0.467. The lowest BCUT2D eigenvalue weighted by molar-refractivity contribution is -0.400. The number of rotatable bonds is 5. The minimum atomic E-state index is -0.481. The molecule has 0 radical (unpaired) electrons. The molecule has 3 rings (SSSR count). The van der Waals surface area contributed by atoms with E-state index in [1.165, 1.54) is 6.08 Å². The second-order valence-electron chi connectivity index (χ2n) is 5.21. The molecule has 3 aromatic carbocycles. The first kappa shape index (κ1) is 16.0. The van der Waals surface area contributed by atoms with Crippen molar-refractivity contribution in [3.05, 3.63) is 93.1 Å². The zero-order valence-corrected chi connectivity index (χ0v) is 13.4. The Morgan fingerprint density at radius 2 is 1.79 bits per heavy atom. The molecule has 0 aliphatic rings. The summed E-state index contributed by atoms with van der Waals surface area (Å²) in [6.45, 7) is 0.356. The van der Waals surface area contributed by atoms with E-state index >= 15 is 0 Å². The maximum atomic E-state index is 10.7. The van der Waals surface area contributed by atoms with Gasteiger partial charge in [-0.1, -0.05) is 54.1 Å². The van der Waals surface area contributed by atoms with Crippen molar-refractivity contribution in [1.82, 2.24) is 0 Å². The predicted octanol–water partition coefficient (Wildman–Crippen LogP) is 5.32. The molecule has 0 aromatic heterocycles. The summed E-state index contributed by atoms with van der Waals surface area (Å²) >= 11 is 5.88. The highest BCUT2D eigenvalue weighted by atomic mass is 35.5. The maximum absolute atomic E-state index is 10.7. The number of benzene rings is 3. The normalized spacial score (nSPS) is 11.0. The molecule has 0 spiro atoms. The summed E-state index contributed by atoms with van der Waals surface area (Å²) in [5, 5.41) is 13.3. The average molecular weight is 340 g/mol. The second-order valence-corrected chi connectivity index (χ2v) is 5.65. The smallest absolute Gasteiger partial charge is 0.235 e. The van der Waals surface area contributed by atoms with E-state index in [4.69, 9.17) is 16.3 Å². The Morgan fingerprint density at radius 3 is 2.54 bits per heavy atom. The molecule has 0 fully saturated rings. The van der Waals surface area contributed by atoms with Gasteiger partial charge in [-0.05, 0) is 34.5 Å².